The number of methoxy groups -OCH3 is 1. The minimum atomic E-state index is -0.294. The molecule has 28 heavy (non-hydrogen) atoms. The van der Waals surface area contributed by atoms with Crippen molar-refractivity contribution in [2.75, 3.05) is 31.3 Å². The zero-order chi connectivity index (χ0) is 20.3. The van der Waals surface area contributed by atoms with E-state index in [0.717, 1.165) is 18.4 Å². The molecule has 0 aliphatic heterocycles. The van der Waals surface area contributed by atoms with Crippen molar-refractivity contribution in [3.63, 3.8) is 0 Å². The lowest BCUT2D eigenvalue weighted by molar-refractivity contribution is -0.117. The quantitative estimate of drug-likeness (QED) is 0.746. The fourth-order valence-electron chi connectivity index (χ4n) is 2.66. The molecule has 0 saturated heterocycles. The molecule has 8 heteroatoms. The van der Waals surface area contributed by atoms with Gasteiger partial charge in [-0.05, 0) is 55.7 Å². The molecule has 1 aromatic carbocycles. The number of aryl methyl sites for hydroxylation is 1. The normalized spacial score (nSPS) is 13.0. The molecule has 3 rings (SSSR count). The second kappa shape index (κ2) is 8.43. The van der Waals surface area contributed by atoms with Crippen LogP contribution in [-0.4, -0.2) is 43.3 Å². The molecule has 0 bridgehead atoms. The molecule has 1 heterocycles. The van der Waals surface area contributed by atoms with Crippen molar-refractivity contribution in [2.24, 2.45) is 5.92 Å². The molecule has 1 aliphatic rings. The zero-order valence-corrected chi connectivity index (χ0v) is 16.9. The number of ether oxygens (including phenoxy) is 1. The Morgan fingerprint density at radius 1 is 1.18 bits per heavy atom. The summed E-state index contributed by atoms with van der Waals surface area (Å²) in [5, 5.41) is 6.28. The first-order valence-electron chi connectivity index (χ1n) is 8.98. The standard InChI is InChI=1S/C20H23N3O4S/c1-12-10-17(22-19(25)13-4-5-13)28-18(12)20(26)23(2)11-16(24)21-14-6-8-15(27-3)9-7-14/h6-10,13H,4-5,11H2,1-3H3,(H,21,24)(H,22,25). The summed E-state index contributed by atoms with van der Waals surface area (Å²) in [5.74, 6) is 0.262. The average Bonchev–Trinajstić information content (AvgIpc) is 3.45. The summed E-state index contributed by atoms with van der Waals surface area (Å²) in [7, 11) is 3.15. The summed E-state index contributed by atoms with van der Waals surface area (Å²) < 4.78 is 5.08. The van der Waals surface area contributed by atoms with E-state index in [0.29, 0.717) is 21.3 Å². The number of amides is 3. The van der Waals surface area contributed by atoms with E-state index < -0.39 is 0 Å². The van der Waals surface area contributed by atoms with E-state index >= 15 is 0 Å². The molecule has 0 unspecified atom stereocenters. The van der Waals surface area contributed by atoms with E-state index in [-0.39, 0.29) is 30.2 Å². The smallest absolute Gasteiger partial charge is 0.264 e. The van der Waals surface area contributed by atoms with Gasteiger partial charge in [-0.25, -0.2) is 0 Å². The lowest BCUT2D eigenvalue weighted by Crippen LogP contribution is -2.34. The predicted octanol–water partition coefficient (Wildman–Crippen LogP) is 3.12. The van der Waals surface area contributed by atoms with Gasteiger partial charge in [-0.1, -0.05) is 0 Å². The third kappa shape index (κ3) is 4.89. The Morgan fingerprint density at radius 3 is 2.46 bits per heavy atom. The Balaban J connectivity index is 1.57. The van der Waals surface area contributed by atoms with E-state index in [1.165, 1.54) is 16.2 Å². The van der Waals surface area contributed by atoms with Gasteiger partial charge in [0, 0.05) is 18.7 Å². The Bertz CT molecular complexity index is 887. The number of rotatable bonds is 7. The summed E-state index contributed by atoms with van der Waals surface area (Å²) in [6, 6.07) is 8.75. The van der Waals surface area contributed by atoms with Crippen LogP contribution in [0.1, 0.15) is 28.1 Å². The van der Waals surface area contributed by atoms with Gasteiger partial charge >= 0.3 is 0 Å². The van der Waals surface area contributed by atoms with Gasteiger partial charge in [-0.2, -0.15) is 0 Å². The summed E-state index contributed by atoms with van der Waals surface area (Å²) >= 11 is 1.24. The number of carbonyl (C=O) groups is 3. The molecule has 1 saturated carbocycles. The van der Waals surface area contributed by atoms with Crippen LogP contribution in [0.5, 0.6) is 5.75 Å². The van der Waals surface area contributed by atoms with Gasteiger partial charge in [0.25, 0.3) is 5.91 Å². The van der Waals surface area contributed by atoms with Crippen molar-refractivity contribution in [1.82, 2.24) is 4.90 Å². The lowest BCUT2D eigenvalue weighted by Gasteiger charge is -2.16. The molecule has 0 atom stereocenters. The molecule has 148 valence electrons. The Hall–Kier alpha value is -2.87. The minimum absolute atomic E-state index is 0.00692. The maximum atomic E-state index is 12.7. The zero-order valence-electron chi connectivity index (χ0n) is 16.1. The first-order chi connectivity index (χ1) is 13.4. The highest BCUT2D eigenvalue weighted by Gasteiger charge is 2.30. The van der Waals surface area contributed by atoms with Crippen molar-refractivity contribution in [3.05, 3.63) is 40.8 Å². The van der Waals surface area contributed by atoms with E-state index in [2.05, 4.69) is 10.6 Å². The van der Waals surface area contributed by atoms with Gasteiger partial charge in [-0.15, -0.1) is 11.3 Å². The lowest BCUT2D eigenvalue weighted by atomic mass is 10.2. The fourth-order valence-corrected chi connectivity index (χ4v) is 3.73. The number of nitrogens with zero attached hydrogens (tertiary/aromatic N) is 1. The van der Waals surface area contributed by atoms with Crippen LogP contribution in [0.2, 0.25) is 0 Å². The molecule has 0 radical (unpaired) electrons. The van der Waals surface area contributed by atoms with Crippen molar-refractivity contribution >= 4 is 39.7 Å². The Morgan fingerprint density at radius 2 is 1.86 bits per heavy atom. The maximum Gasteiger partial charge on any atom is 0.264 e. The predicted molar refractivity (Wildman–Crippen MR) is 109 cm³/mol. The second-order valence-corrected chi connectivity index (χ2v) is 7.88. The molecule has 7 nitrogen and oxygen atoms in total. The van der Waals surface area contributed by atoms with Crippen molar-refractivity contribution < 1.29 is 19.1 Å². The van der Waals surface area contributed by atoms with Crippen LogP contribution in [0.15, 0.2) is 30.3 Å². The Labute approximate surface area is 167 Å². The van der Waals surface area contributed by atoms with E-state index in [1.54, 1.807) is 44.5 Å². The fraction of sp³-hybridized carbons (Fsp3) is 0.350. The third-order valence-electron chi connectivity index (χ3n) is 4.41. The van der Waals surface area contributed by atoms with Gasteiger partial charge in [-0.3, -0.25) is 14.4 Å². The number of nitrogens with one attached hydrogen (secondary N) is 2. The molecule has 1 aromatic heterocycles. The summed E-state index contributed by atoms with van der Waals surface area (Å²) in [5.41, 5.74) is 1.41. The number of hydrogen-bond acceptors (Lipinski definition) is 5. The highest BCUT2D eigenvalue weighted by Crippen LogP contribution is 2.33. The van der Waals surface area contributed by atoms with Gasteiger partial charge < -0.3 is 20.3 Å². The molecule has 1 fully saturated rings. The number of carbonyl (C=O) groups excluding carboxylic acids is 3. The molecule has 0 spiro atoms. The molecular formula is C20H23N3O4S. The van der Waals surface area contributed by atoms with Crippen LogP contribution in [0.25, 0.3) is 0 Å². The van der Waals surface area contributed by atoms with Crippen molar-refractivity contribution in [2.45, 2.75) is 19.8 Å². The average molecular weight is 401 g/mol. The second-order valence-electron chi connectivity index (χ2n) is 6.82. The number of likely N-dealkylation sites (N-methyl/N-ethyl adjacent to an activating group) is 1. The maximum absolute atomic E-state index is 12.7. The highest BCUT2D eigenvalue weighted by atomic mass is 32.1. The number of anilines is 2. The van der Waals surface area contributed by atoms with Gasteiger partial charge in [0.1, 0.15) is 5.75 Å². The summed E-state index contributed by atoms with van der Waals surface area (Å²) in [6.07, 6.45) is 1.85. The van der Waals surface area contributed by atoms with Gasteiger partial charge in [0.15, 0.2) is 0 Å². The summed E-state index contributed by atoms with van der Waals surface area (Å²) in [4.78, 5) is 38.7. The molecule has 2 aromatic rings. The van der Waals surface area contributed by atoms with Crippen molar-refractivity contribution in [1.29, 1.82) is 0 Å². The molecular weight excluding hydrogens is 378 g/mol. The van der Waals surface area contributed by atoms with E-state index in [4.69, 9.17) is 4.74 Å². The van der Waals surface area contributed by atoms with Gasteiger partial charge in [0.05, 0.1) is 23.5 Å². The Kier molecular flexibility index (Phi) is 5.99. The first kappa shape index (κ1) is 19.9. The topological polar surface area (TPSA) is 87.7 Å². The van der Waals surface area contributed by atoms with Crippen LogP contribution >= 0.6 is 11.3 Å². The molecule has 1 aliphatic carbocycles. The van der Waals surface area contributed by atoms with E-state index in [1.807, 2.05) is 6.92 Å². The monoisotopic (exact) mass is 401 g/mol. The van der Waals surface area contributed by atoms with Crippen LogP contribution in [0.3, 0.4) is 0 Å². The third-order valence-corrected chi connectivity index (χ3v) is 5.55. The number of thiophene rings is 1. The SMILES string of the molecule is COc1ccc(NC(=O)CN(C)C(=O)c2sc(NC(=O)C3CC3)cc2C)cc1. The van der Waals surface area contributed by atoms with E-state index in [9.17, 15) is 14.4 Å². The molecule has 2 N–H and O–H groups in total. The number of hydrogen-bond donors (Lipinski definition) is 2. The van der Waals surface area contributed by atoms with Crippen LogP contribution in [-0.2, 0) is 9.59 Å². The van der Waals surface area contributed by atoms with Crippen molar-refractivity contribution in [3.8, 4) is 5.75 Å². The number of benzene rings is 1. The van der Waals surface area contributed by atoms with Crippen LogP contribution in [0.4, 0.5) is 10.7 Å². The van der Waals surface area contributed by atoms with Crippen LogP contribution < -0.4 is 15.4 Å². The highest BCUT2D eigenvalue weighted by molar-refractivity contribution is 7.18. The largest absolute Gasteiger partial charge is 0.497 e. The summed E-state index contributed by atoms with van der Waals surface area (Å²) in [6.45, 7) is 1.74. The minimum Gasteiger partial charge on any atom is -0.497 e. The first-order valence-corrected chi connectivity index (χ1v) is 9.79. The van der Waals surface area contributed by atoms with Gasteiger partial charge in [0.2, 0.25) is 11.8 Å². The molecule has 3 amide bonds. The van der Waals surface area contributed by atoms with Crippen LogP contribution in [0, 0.1) is 12.8 Å².